The molecule has 0 aliphatic carbocycles. The SMILES string of the molecule is CC/C=C\C/C=C\C/C=C\C/C=C\C/C=C\C/C=C\C/C=C\C/C=C\C/C=C\C/C=C\CCCCCCCCC(=O)NC(COC1OC(CO)C(OC2OC(CO)C(OC3OC(CO)C(O)C(O)C3O)C(O)C2O)C(O)C1O)C(O)CCCCCCCCCCC. The van der Waals surface area contributed by atoms with Gasteiger partial charge >= 0.3 is 0 Å². The molecule has 0 aromatic heterocycles. The first kappa shape index (κ1) is 81.4. The molecule has 12 N–H and O–H groups in total. The highest BCUT2D eigenvalue weighted by Crippen LogP contribution is 2.33. The summed E-state index contributed by atoms with van der Waals surface area (Å²) >= 11 is 0. The van der Waals surface area contributed by atoms with Crippen molar-refractivity contribution in [3.8, 4) is 0 Å². The molecule has 91 heavy (non-hydrogen) atoms. The number of amides is 1. The molecular weight excluding hydrogens is 1170 g/mol. The Morgan fingerprint density at radius 2 is 0.758 bits per heavy atom. The van der Waals surface area contributed by atoms with E-state index >= 15 is 0 Å². The van der Waals surface area contributed by atoms with Crippen LogP contribution in [0.15, 0.2) is 122 Å². The van der Waals surface area contributed by atoms with Gasteiger partial charge in [-0.3, -0.25) is 4.79 Å². The van der Waals surface area contributed by atoms with Gasteiger partial charge in [-0.15, -0.1) is 0 Å². The lowest BCUT2D eigenvalue weighted by molar-refractivity contribution is -0.379. The standard InChI is InChI=1S/C72H119NO18/c1-3-5-7-9-11-13-14-15-16-17-18-19-20-21-22-23-24-25-26-27-28-29-30-31-32-33-34-35-36-37-38-39-40-42-44-46-48-50-60(78)73-55(56(77)49-47-45-43-41-12-10-8-6-4-2)54-86-70-66(84)63(81)68(58(52-75)88-70)91-72-67(85)64(82)69(59(53-76)89-72)90-71-65(83)62(80)61(79)57(51-74)87-71/h5,7,11,13,15-16,18-19,21-22,24-25,27-28,30-31,33-34,36-37,55-59,61-72,74-77,79-85H,3-4,6,8-10,12,14,17,20,23,26,29,32,35,38-54H2,1-2H3,(H,73,78)/b7-5-,13-11-,16-15-,19-18-,22-21-,25-24-,28-27-,31-30-,34-33-,37-36-. The van der Waals surface area contributed by atoms with Gasteiger partial charge in [0.05, 0.1) is 38.6 Å². The van der Waals surface area contributed by atoms with E-state index in [1.54, 1.807) is 0 Å². The van der Waals surface area contributed by atoms with Crippen LogP contribution in [0.4, 0.5) is 0 Å². The lowest BCUT2D eigenvalue weighted by Gasteiger charge is -2.48. The lowest BCUT2D eigenvalue weighted by atomic mass is 9.96. The van der Waals surface area contributed by atoms with Crippen molar-refractivity contribution in [3.05, 3.63) is 122 Å². The molecule has 17 atom stereocenters. The van der Waals surface area contributed by atoms with Crippen molar-refractivity contribution in [2.24, 2.45) is 0 Å². The Hall–Kier alpha value is -3.81. The molecule has 0 aromatic carbocycles. The van der Waals surface area contributed by atoms with Crippen LogP contribution < -0.4 is 5.32 Å². The maximum atomic E-state index is 13.4. The van der Waals surface area contributed by atoms with Crippen molar-refractivity contribution in [2.75, 3.05) is 26.4 Å². The van der Waals surface area contributed by atoms with Gasteiger partial charge in [0, 0.05) is 6.42 Å². The Kier molecular flexibility index (Phi) is 46.9. The number of rotatable bonds is 50. The third kappa shape index (κ3) is 34.4. The van der Waals surface area contributed by atoms with Crippen molar-refractivity contribution in [3.63, 3.8) is 0 Å². The van der Waals surface area contributed by atoms with E-state index in [9.17, 15) is 61.0 Å². The minimum absolute atomic E-state index is 0.241. The first-order chi connectivity index (χ1) is 44.3. The summed E-state index contributed by atoms with van der Waals surface area (Å²) in [6, 6.07) is -0.902. The van der Waals surface area contributed by atoms with Gasteiger partial charge in [0.1, 0.15) is 73.2 Å². The summed E-state index contributed by atoms with van der Waals surface area (Å²) in [7, 11) is 0. The first-order valence-corrected chi connectivity index (χ1v) is 34.3. The molecule has 0 saturated carbocycles. The maximum absolute atomic E-state index is 13.4. The Bertz CT molecular complexity index is 2120. The van der Waals surface area contributed by atoms with Gasteiger partial charge in [0.25, 0.3) is 0 Å². The van der Waals surface area contributed by atoms with Gasteiger partial charge in [-0.25, -0.2) is 0 Å². The molecule has 0 spiro atoms. The quantitative estimate of drug-likeness (QED) is 0.0200. The largest absolute Gasteiger partial charge is 0.394 e. The molecule has 0 bridgehead atoms. The highest BCUT2D eigenvalue weighted by molar-refractivity contribution is 5.76. The second-order valence-corrected chi connectivity index (χ2v) is 23.9. The van der Waals surface area contributed by atoms with Gasteiger partial charge in [0.15, 0.2) is 18.9 Å². The van der Waals surface area contributed by atoms with Crippen LogP contribution in [0, 0.1) is 0 Å². The molecule has 3 aliphatic rings. The highest BCUT2D eigenvalue weighted by atomic mass is 16.8. The zero-order valence-electron chi connectivity index (χ0n) is 54.8. The van der Waals surface area contributed by atoms with Crippen LogP contribution >= 0.6 is 0 Å². The zero-order chi connectivity index (χ0) is 66.1. The second kappa shape index (κ2) is 52.5. The summed E-state index contributed by atoms with van der Waals surface area (Å²) in [6.07, 6.45) is 44.5. The molecule has 520 valence electrons. The van der Waals surface area contributed by atoms with E-state index in [2.05, 4.69) is 141 Å². The monoisotopic (exact) mass is 1290 g/mol. The minimum atomic E-state index is -1.98. The van der Waals surface area contributed by atoms with E-state index in [4.69, 9.17) is 28.4 Å². The van der Waals surface area contributed by atoms with Crippen LogP contribution in [0.1, 0.15) is 194 Å². The fourth-order valence-electron chi connectivity index (χ4n) is 10.8. The van der Waals surface area contributed by atoms with Crippen LogP contribution in [0.3, 0.4) is 0 Å². The van der Waals surface area contributed by atoms with Gasteiger partial charge in [0.2, 0.25) is 5.91 Å². The second-order valence-electron chi connectivity index (χ2n) is 23.9. The molecule has 17 unspecified atom stereocenters. The van der Waals surface area contributed by atoms with E-state index < -0.39 is 124 Å². The molecule has 3 aliphatic heterocycles. The number of allylic oxidation sites excluding steroid dienone is 20. The summed E-state index contributed by atoms with van der Waals surface area (Å²) in [5, 5.41) is 120. The molecule has 3 fully saturated rings. The normalized spacial score (nSPS) is 28.6. The smallest absolute Gasteiger partial charge is 0.220 e. The number of aliphatic hydroxyl groups is 11. The van der Waals surface area contributed by atoms with Crippen molar-refractivity contribution in [1.29, 1.82) is 0 Å². The summed E-state index contributed by atoms with van der Waals surface area (Å²) in [5.41, 5.74) is 0. The highest BCUT2D eigenvalue weighted by Gasteiger charge is 2.53. The van der Waals surface area contributed by atoms with E-state index in [0.717, 1.165) is 128 Å². The third-order valence-corrected chi connectivity index (χ3v) is 16.3. The number of aliphatic hydroxyl groups excluding tert-OH is 11. The maximum Gasteiger partial charge on any atom is 0.220 e. The van der Waals surface area contributed by atoms with Gasteiger partial charge < -0.3 is 89.9 Å². The van der Waals surface area contributed by atoms with E-state index in [1.807, 2.05) is 0 Å². The molecule has 1 amide bonds. The van der Waals surface area contributed by atoms with Crippen LogP contribution in [0.25, 0.3) is 0 Å². The molecule has 0 aromatic rings. The molecule has 0 radical (unpaired) electrons. The summed E-state index contributed by atoms with van der Waals surface area (Å²) in [6.45, 7) is 1.60. The van der Waals surface area contributed by atoms with Crippen molar-refractivity contribution in [1.82, 2.24) is 5.32 Å². The van der Waals surface area contributed by atoms with Crippen molar-refractivity contribution >= 4 is 5.91 Å². The van der Waals surface area contributed by atoms with E-state index in [0.29, 0.717) is 19.3 Å². The molecule has 3 heterocycles. The van der Waals surface area contributed by atoms with E-state index in [1.165, 1.54) is 25.7 Å². The fourth-order valence-corrected chi connectivity index (χ4v) is 10.8. The molecular formula is C72H119NO18. The van der Waals surface area contributed by atoms with Crippen LogP contribution in [0.5, 0.6) is 0 Å². The summed E-state index contributed by atoms with van der Waals surface area (Å²) in [4.78, 5) is 13.4. The number of hydrogen-bond donors (Lipinski definition) is 12. The average molecular weight is 1290 g/mol. The summed E-state index contributed by atoms with van der Waals surface area (Å²) < 4.78 is 34.3. The van der Waals surface area contributed by atoms with Crippen molar-refractivity contribution < 1.29 is 89.4 Å². The number of hydrogen-bond acceptors (Lipinski definition) is 18. The molecule has 3 saturated heterocycles. The number of nitrogens with one attached hydrogen (secondary N) is 1. The van der Waals surface area contributed by atoms with E-state index in [-0.39, 0.29) is 18.9 Å². The molecule has 19 nitrogen and oxygen atoms in total. The topological polar surface area (TPSA) is 307 Å². The average Bonchev–Trinajstić information content (AvgIpc) is 0.826. The lowest BCUT2D eigenvalue weighted by Crippen LogP contribution is -2.66. The van der Waals surface area contributed by atoms with Crippen LogP contribution in [0.2, 0.25) is 0 Å². The predicted molar refractivity (Wildman–Crippen MR) is 355 cm³/mol. The Balaban J connectivity index is 1.34. The van der Waals surface area contributed by atoms with Gasteiger partial charge in [-0.1, -0.05) is 219 Å². The Morgan fingerprint density at radius 3 is 1.19 bits per heavy atom. The van der Waals surface area contributed by atoms with Crippen molar-refractivity contribution in [2.45, 2.75) is 298 Å². The van der Waals surface area contributed by atoms with Gasteiger partial charge in [-0.2, -0.15) is 0 Å². The molecule has 3 rings (SSSR count). The number of carbonyl (C=O) groups excluding carboxylic acids is 1. The molecule has 19 heteroatoms. The minimum Gasteiger partial charge on any atom is -0.394 e. The van der Waals surface area contributed by atoms with Crippen LogP contribution in [-0.4, -0.2) is 193 Å². The third-order valence-electron chi connectivity index (χ3n) is 16.3. The summed E-state index contributed by atoms with van der Waals surface area (Å²) in [5.74, 6) is -0.266. The Labute approximate surface area is 544 Å². The van der Waals surface area contributed by atoms with Gasteiger partial charge in [-0.05, 0) is 89.9 Å². The Morgan fingerprint density at radius 1 is 0.407 bits per heavy atom. The zero-order valence-corrected chi connectivity index (χ0v) is 54.8. The first-order valence-electron chi connectivity index (χ1n) is 34.3. The predicted octanol–water partition coefficient (Wildman–Crippen LogP) is 8.82. The number of ether oxygens (including phenoxy) is 6. The number of unbranched alkanes of at least 4 members (excludes halogenated alkanes) is 14. The number of carbonyl (C=O) groups is 1. The van der Waals surface area contributed by atoms with Crippen LogP contribution in [-0.2, 0) is 33.2 Å². The fraction of sp³-hybridized carbons (Fsp3) is 0.708.